The van der Waals surface area contributed by atoms with Crippen molar-refractivity contribution in [3.8, 4) is 11.4 Å². The van der Waals surface area contributed by atoms with E-state index in [1.165, 1.54) is 25.0 Å². The maximum Gasteiger partial charge on any atom is 0.270 e. The molecule has 2 fully saturated rings. The van der Waals surface area contributed by atoms with Crippen molar-refractivity contribution in [2.75, 3.05) is 13.2 Å². The number of nitro benzene ring substituents is 1. The SMILES string of the molecule is O=[N+]([O-])c1cccc(-c2noc(CN3CCO[C@@H]4CCCC[C@@H]43)n2)c1. The van der Waals surface area contributed by atoms with Crippen LogP contribution >= 0.6 is 0 Å². The van der Waals surface area contributed by atoms with Crippen molar-refractivity contribution < 1.29 is 14.2 Å². The molecule has 1 aromatic carbocycles. The molecule has 0 unspecified atom stereocenters. The molecule has 1 aliphatic carbocycles. The molecule has 2 aliphatic rings. The second kappa shape index (κ2) is 6.89. The Hall–Kier alpha value is -2.32. The Morgan fingerprint density at radius 1 is 1.32 bits per heavy atom. The topological polar surface area (TPSA) is 94.5 Å². The number of morpholine rings is 1. The van der Waals surface area contributed by atoms with E-state index in [2.05, 4.69) is 15.0 Å². The summed E-state index contributed by atoms with van der Waals surface area (Å²) in [6.45, 7) is 2.18. The molecule has 1 aromatic heterocycles. The summed E-state index contributed by atoms with van der Waals surface area (Å²) in [7, 11) is 0. The lowest BCUT2D eigenvalue weighted by Gasteiger charge is -2.43. The molecule has 132 valence electrons. The smallest absolute Gasteiger partial charge is 0.270 e. The minimum absolute atomic E-state index is 0.0158. The van der Waals surface area contributed by atoms with Crippen LogP contribution in [0.5, 0.6) is 0 Å². The van der Waals surface area contributed by atoms with Gasteiger partial charge in [-0.25, -0.2) is 0 Å². The maximum absolute atomic E-state index is 10.9. The lowest BCUT2D eigenvalue weighted by Crippen LogP contribution is -2.52. The van der Waals surface area contributed by atoms with E-state index in [1.807, 2.05) is 0 Å². The van der Waals surface area contributed by atoms with E-state index in [1.54, 1.807) is 12.1 Å². The number of rotatable bonds is 4. The monoisotopic (exact) mass is 344 g/mol. The summed E-state index contributed by atoms with van der Waals surface area (Å²) in [6.07, 6.45) is 5.01. The fourth-order valence-corrected chi connectivity index (χ4v) is 3.74. The zero-order chi connectivity index (χ0) is 17.2. The third-order valence-electron chi connectivity index (χ3n) is 4.97. The maximum atomic E-state index is 10.9. The van der Waals surface area contributed by atoms with Crippen molar-refractivity contribution in [3.63, 3.8) is 0 Å². The van der Waals surface area contributed by atoms with E-state index in [0.717, 1.165) is 26.0 Å². The number of nitrogens with zero attached hydrogens (tertiary/aromatic N) is 4. The first-order chi connectivity index (χ1) is 12.2. The van der Waals surface area contributed by atoms with Gasteiger partial charge in [-0.1, -0.05) is 30.1 Å². The fraction of sp³-hybridized carbons (Fsp3) is 0.529. The summed E-state index contributed by atoms with van der Waals surface area (Å²) >= 11 is 0. The predicted molar refractivity (Wildman–Crippen MR) is 88.8 cm³/mol. The van der Waals surface area contributed by atoms with E-state index in [4.69, 9.17) is 9.26 Å². The number of hydrogen-bond donors (Lipinski definition) is 0. The van der Waals surface area contributed by atoms with Gasteiger partial charge in [0.2, 0.25) is 11.7 Å². The van der Waals surface area contributed by atoms with Gasteiger partial charge in [-0.05, 0) is 12.8 Å². The van der Waals surface area contributed by atoms with Crippen molar-refractivity contribution in [2.45, 2.75) is 44.4 Å². The molecular weight excluding hydrogens is 324 g/mol. The standard InChI is InChI=1S/C17H20N4O4/c22-21(23)13-5-3-4-12(10-13)17-18-16(25-19-17)11-20-8-9-24-15-7-2-1-6-14(15)20/h3-5,10,14-15H,1-2,6-9,11H2/t14-,15+/m0/s1. The molecule has 2 aromatic rings. The number of nitro groups is 1. The molecule has 8 heteroatoms. The van der Waals surface area contributed by atoms with Gasteiger partial charge in [0.1, 0.15) is 0 Å². The molecule has 1 saturated heterocycles. The molecule has 1 saturated carbocycles. The van der Waals surface area contributed by atoms with Gasteiger partial charge in [-0.3, -0.25) is 15.0 Å². The number of aromatic nitrogens is 2. The number of hydrogen-bond acceptors (Lipinski definition) is 7. The Morgan fingerprint density at radius 3 is 3.08 bits per heavy atom. The first kappa shape index (κ1) is 16.2. The van der Waals surface area contributed by atoms with Crippen LogP contribution in [0.25, 0.3) is 11.4 Å². The van der Waals surface area contributed by atoms with Crippen LogP contribution in [0.1, 0.15) is 31.6 Å². The zero-order valence-corrected chi connectivity index (χ0v) is 13.8. The molecule has 2 atom stereocenters. The Bertz CT molecular complexity index is 761. The minimum atomic E-state index is -0.429. The lowest BCUT2D eigenvalue weighted by atomic mass is 9.90. The fourth-order valence-electron chi connectivity index (χ4n) is 3.74. The summed E-state index contributed by atoms with van der Waals surface area (Å²) < 4.78 is 11.3. The lowest BCUT2D eigenvalue weighted by molar-refractivity contribution is -0.384. The molecule has 0 amide bonds. The molecule has 25 heavy (non-hydrogen) atoms. The number of fused-ring (bicyclic) bond motifs is 1. The zero-order valence-electron chi connectivity index (χ0n) is 13.8. The van der Waals surface area contributed by atoms with Crippen LogP contribution < -0.4 is 0 Å². The van der Waals surface area contributed by atoms with Crippen LogP contribution in [-0.2, 0) is 11.3 Å². The second-order valence-corrected chi connectivity index (χ2v) is 6.55. The normalized spacial score (nSPS) is 24.0. The van der Waals surface area contributed by atoms with Crippen molar-refractivity contribution >= 4 is 5.69 Å². The number of benzene rings is 1. The van der Waals surface area contributed by atoms with Gasteiger partial charge in [0, 0.05) is 30.3 Å². The highest BCUT2D eigenvalue weighted by Gasteiger charge is 2.34. The van der Waals surface area contributed by atoms with E-state index in [-0.39, 0.29) is 5.69 Å². The summed E-state index contributed by atoms with van der Waals surface area (Å²) in [5.74, 6) is 0.917. The molecule has 0 bridgehead atoms. The average molecular weight is 344 g/mol. The van der Waals surface area contributed by atoms with Gasteiger partial charge in [0.25, 0.3) is 5.69 Å². The van der Waals surface area contributed by atoms with E-state index in [0.29, 0.717) is 36.0 Å². The highest BCUT2D eigenvalue weighted by molar-refractivity contribution is 5.58. The van der Waals surface area contributed by atoms with Gasteiger partial charge >= 0.3 is 0 Å². The summed E-state index contributed by atoms with van der Waals surface area (Å²) in [6, 6.07) is 6.68. The van der Waals surface area contributed by atoms with Crippen LogP contribution in [0.3, 0.4) is 0 Å². The summed E-state index contributed by atoms with van der Waals surface area (Å²) in [5, 5.41) is 14.9. The van der Waals surface area contributed by atoms with Gasteiger partial charge in [0.05, 0.1) is 24.2 Å². The quantitative estimate of drug-likeness (QED) is 0.621. The van der Waals surface area contributed by atoms with Crippen LogP contribution in [-0.4, -0.2) is 45.3 Å². The number of non-ortho nitro benzene ring substituents is 1. The summed E-state index contributed by atoms with van der Waals surface area (Å²) in [5.41, 5.74) is 0.601. The van der Waals surface area contributed by atoms with Crippen molar-refractivity contribution in [1.82, 2.24) is 15.0 Å². The second-order valence-electron chi connectivity index (χ2n) is 6.55. The first-order valence-corrected chi connectivity index (χ1v) is 8.64. The molecule has 0 N–H and O–H groups in total. The highest BCUT2D eigenvalue weighted by Crippen LogP contribution is 2.29. The summed E-state index contributed by atoms with van der Waals surface area (Å²) in [4.78, 5) is 17.3. The van der Waals surface area contributed by atoms with Crippen molar-refractivity contribution in [2.24, 2.45) is 0 Å². The molecular formula is C17H20N4O4. The van der Waals surface area contributed by atoms with E-state index >= 15 is 0 Å². The molecule has 0 spiro atoms. The third kappa shape index (κ3) is 3.40. The Morgan fingerprint density at radius 2 is 2.20 bits per heavy atom. The van der Waals surface area contributed by atoms with Crippen molar-refractivity contribution in [3.05, 3.63) is 40.3 Å². The molecule has 8 nitrogen and oxygen atoms in total. The van der Waals surface area contributed by atoms with Crippen molar-refractivity contribution in [1.29, 1.82) is 0 Å². The van der Waals surface area contributed by atoms with Gasteiger partial charge in [-0.2, -0.15) is 4.98 Å². The Balaban J connectivity index is 1.49. The minimum Gasteiger partial charge on any atom is -0.375 e. The third-order valence-corrected chi connectivity index (χ3v) is 4.97. The van der Waals surface area contributed by atoms with E-state index in [9.17, 15) is 10.1 Å². The molecule has 2 heterocycles. The highest BCUT2D eigenvalue weighted by atomic mass is 16.6. The average Bonchev–Trinajstić information content (AvgIpc) is 3.11. The molecule has 0 radical (unpaired) electrons. The predicted octanol–water partition coefficient (Wildman–Crippen LogP) is 2.79. The van der Waals surface area contributed by atoms with Crippen LogP contribution in [0.15, 0.2) is 28.8 Å². The molecule has 4 rings (SSSR count). The van der Waals surface area contributed by atoms with Gasteiger partial charge in [-0.15, -0.1) is 0 Å². The Kier molecular flexibility index (Phi) is 4.46. The van der Waals surface area contributed by atoms with E-state index < -0.39 is 4.92 Å². The number of ether oxygens (including phenoxy) is 1. The first-order valence-electron chi connectivity index (χ1n) is 8.64. The van der Waals surface area contributed by atoms with Crippen LogP contribution in [0.2, 0.25) is 0 Å². The molecule has 1 aliphatic heterocycles. The van der Waals surface area contributed by atoms with Gasteiger partial charge in [0.15, 0.2) is 0 Å². The van der Waals surface area contributed by atoms with Crippen LogP contribution in [0.4, 0.5) is 5.69 Å². The largest absolute Gasteiger partial charge is 0.375 e. The Labute approximate surface area is 144 Å². The van der Waals surface area contributed by atoms with Crippen LogP contribution in [0, 0.1) is 10.1 Å². The van der Waals surface area contributed by atoms with Gasteiger partial charge < -0.3 is 9.26 Å².